The van der Waals surface area contributed by atoms with E-state index in [4.69, 9.17) is 11.5 Å². The van der Waals surface area contributed by atoms with Gasteiger partial charge in [0.15, 0.2) is 4.34 Å². The third kappa shape index (κ3) is 3.71. The summed E-state index contributed by atoms with van der Waals surface area (Å²) < 4.78 is 0.886. The molecule has 0 aromatic carbocycles. The van der Waals surface area contributed by atoms with Gasteiger partial charge in [0.05, 0.1) is 6.04 Å². The van der Waals surface area contributed by atoms with Crippen LogP contribution in [0.5, 0.6) is 0 Å². The van der Waals surface area contributed by atoms with E-state index >= 15 is 0 Å². The molecule has 0 fully saturated rings. The van der Waals surface area contributed by atoms with E-state index in [9.17, 15) is 4.79 Å². The summed E-state index contributed by atoms with van der Waals surface area (Å²) >= 11 is 3.00. The first-order valence-corrected chi connectivity index (χ1v) is 5.50. The first kappa shape index (κ1) is 10.4. The first-order chi connectivity index (χ1) is 6.20. The normalized spacial score (nSPS) is 12.7. The molecule has 1 aromatic rings. The lowest BCUT2D eigenvalue weighted by atomic mass is 10.2. The van der Waals surface area contributed by atoms with Gasteiger partial charge in [-0.3, -0.25) is 4.79 Å². The van der Waals surface area contributed by atoms with Crippen LogP contribution in [0.4, 0.5) is 0 Å². The molecular formula is C6H10N4OS2. The lowest BCUT2D eigenvalue weighted by molar-refractivity contribution is -0.119. The smallest absolute Gasteiger partial charge is 0.234 e. The lowest BCUT2D eigenvalue weighted by Gasteiger charge is -2.04. The average Bonchev–Trinajstić information content (AvgIpc) is 2.56. The van der Waals surface area contributed by atoms with Crippen molar-refractivity contribution in [3.05, 3.63) is 5.51 Å². The predicted molar refractivity (Wildman–Crippen MR) is 52.4 cm³/mol. The summed E-state index contributed by atoms with van der Waals surface area (Å²) in [6, 6.07) is -0.555. The van der Waals surface area contributed by atoms with Crippen molar-refractivity contribution in [1.82, 2.24) is 10.2 Å². The third-order valence-electron chi connectivity index (χ3n) is 1.36. The van der Waals surface area contributed by atoms with Gasteiger partial charge in [-0.2, -0.15) is 0 Å². The second-order valence-electron chi connectivity index (χ2n) is 2.35. The minimum atomic E-state index is -0.555. The van der Waals surface area contributed by atoms with Crippen molar-refractivity contribution in [3.63, 3.8) is 0 Å². The SMILES string of the molecule is NC(=O)C(N)CCSc1nncs1. The van der Waals surface area contributed by atoms with Crippen LogP contribution in [-0.2, 0) is 4.79 Å². The van der Waals surface area contributed by atoms with E-state index in [0.717, 1.165) is 10.1 Å². The predicted octanol–water partition coefficient (Wildman–Crippen LogP) is -0.167. The van der Waals surface area contributed by atoms with E-state index in [-0.39, 0.29) is 0 Å². The monoisotopic (exact) mass is 218 g/mol. The highest BCUT2D eigenvalue weighted by atomic mass is 32.2. The number of thioether (sulfide) groups is 1. The second kappa shape index (κ2) is 5.15. The van der Waals surface area contributed by atoms with Crippen LogP contribution in [0.1, 0.15) is 6.42 Å². The molecule has 4 N–H and O–H groups in total. The average molecular weight is 218 g/mol. The Kier molecular flexibility index (Phi) is 4.13. The molecule has 0 spiro atoms. The van der Waals surface area contributed by atoms with Crippen LogP contribution in [0.25, 0.3) is 0 Å². The van der Waals surface area contributed by atoms with Gasteiger partial charge in [0.1, 0.15) is 5.51 Å². The van der Waals surface area contributed by atoms with Crippen molar-refractivity contribution in [2.75, 3.05) is 5.75 Å². The molecule has 1 heterocycles. The highest BCUT2D eigenvalue weighted by Crippen LogP contribution is 2.19. The minimum Gasteiger partial charge on any atom is -0.368 e. The number of nitrogens with two attached hydrogens (primary N) is 2. The fourth-order valence-electron chi connectivity index (χ4n) is 0.641. The first-order valence-electron chi connectivity index (χ1n) is 3.64. The quantitative estimate of drug-likeness (QED) is 0.669. The zero-order valence-corrected chi connectivity index (χ0v) is 8.48. The Morgan fingerprint density at radius 3 is 3.08 bits per heavy atom. The highest BCUT2D eigenvalue weighted by Gasteiger charge is 2.08. The number of hydrogen-bond acceptors (Lipinski definition) is 6. The van der Waals surface area contributed by atoms with Crippen LogP contribution in [0.15, 0.2) is 9.85 Å². The summed E-state index contributed by atoms with van der Waals surface area (Å²) in [5.74, 6) is 0.275. The summed E-state index contributed by atoms with van der Waals surface area (Å²) in [6.45, 7) is 0. The van der Waals surface area contributed by atoms with Crippen molar-refractivity contribution in [2.24, 2.45) is 11.5 Å². The molecule has 1 aromatic heterocycles. The fourth-order valence-corrected chi connectivity index (χ4v) is 2.22. The van der Waals surface area contributed by atoms with Gasteiger partial charge >= 0.3 is 0 Å². The van der Waals surface area contributed by atoms with Crippen molar-refractivity contribution < 1.29 is 4.79 Å². The summed E-state index contributed by atoms with van der Waals surface area (Å²) in [4.78, 5) is 10.6. The molecule has 0 saturated carbocycles. The molecule has 72 valence electrons. The molecule has 0 aliphatic carbocycles. The Bertz CT molecular complexity index is 264. The number of aromatic nitrogens is 2. The van der Waals surface area contributed by atoms with E-state index in [0.29, 0.717) is 6.42 Å². The highest BCUT2D eigenvalue weighted by molar-refractivity contribution is 8.00. The van der Waals surface area contributed by atoms with Gasteiger partial charge in [-0.05, 0) is 6.42 Å². The molecule has 1 rings (SSSR count). The van der Waals surface area contributed by atoms with Crippen molar-refractivity contribution in [1.29, 1.82) is 0 Å². The van der Waals surface area contributed by atoms with E-state index < -0.39 is 11.9 Å². The van der Waals surface area contributed by atoms with E-state index in [1.54, 1.807) is 5.51 Å². The van der Waals surface area contributed by atoms with Gasteiger partial charge in [0.25, 0.3) is 0 Å². The van der Waals surface area contributed by atoms with Crippen LogP contribution in [0.3, 0.4) is 0 Å². The number of primary amides is 1. The summed E-state index contributed by atoms with van der Waals surface area (Å²) in [6.07, 6.45) is 0.569. The van der Waals surface area contributed by atoms with Crippen LogP contribution in [0, 0.1) is 0 Å². The molecule has 5 nitrogen and oxygen atoms in total. The van der Waals surface area contributed by atoms with Crippen LogP contribution in [0.2, 0.25) is 0 Å². The molecule has 0 aliphatic heterocycles. The molecule has 1 unspecified atom stereocenters. The van der Waals surface area contributed by atoms with Crippen molar-refractivity contribution >= 4 is 29.0 Å². The van der Waals surface area contributed by atoms with Crippen molar-refractivity contribution in [2.45, 2.75) is 16.8 Å². The summed E-state index contributed by atoms with van der Waals surface area (Å²) in [7, 11) is 0. The van der Waals surface area contributed by atoms with Crippen molar-refractivity contribution in [3.8, 4) is 0 Å². The number of hydrogen-bond donors (Lipinski definition) is 2. The Balaban J connectivity index is 2.18. The Hall–Kier alpha value is -0.660. The Labute approximate surface area is 83.9 Å². The van der Waals surface area contributed by atoms with Crippen LogP contribution >= 0.6 is 23.1 Å². The van der Waals surface area contributed by atoms with Crippen LogP contribution in [-0.4, -0.2) is 27.9 Å². The maximum absolute atomic E-state index is 10.6. The van der Waals surface area contributed by atoms with Crippen LogP contribution < -0.4 is 11.5 Å². The van der Waals surface area contributed by atoms with Gasteiger partial charge in [0, 0.05) is 5.75 Å². The zero-order valence-electron chi connectivity index (χ0n) is 6.84. The Morgan fingerprint density at radius 1 is 1.77 bits per heavy atom. The summed E-state index contributed by atoms with van der Waals surface area (Å²) in [5.41, 5.74) is 12.1. The Morgan fingerprint density at radius 2 is 2.54 bits per heavy atom. The number of carbonyl (C=O) groups is 1. The molecule has 7 heteroatoms. The van der Waals surface area contributed by atoms with E-state index in [2.05, 4.69) is 10.2 Å². The minimum absolute atomic E-state index is 0.460. The van der Waals surface area contributed by atoms with E-state index in [1.807, 2.05) is 0 Å². The van der Waals surface area contributed by atoms with E-state index in [1.165, 1.54) is 23.1 Å². The lowest BCUT2D eigenvalue weighted by Crippen LogP contribution is -2.36. The van der Waals surface area contributed by atoms with Gasteiger partial charge < -0.3 is 11.5 Å². The molecule has 1 atom stereocenters. The molecule has 1 amide bonds. The number of carbonyl (C=O) groups excluding carboxylic acids is 1. The topological polar surface area (TPSA) is 94.9 Å². The number of rotatable bonds is 5. The number of nitrogens with zero attached hydrogens (tertiary/aromatic N) is 2. The van der Waals surface area contributed by atoms with Gasteiger partial charge in [0.2, 0.25) is 5.91 Å². The molecule has 0 bridgehead atoms. The van der Waals surface area contributed by atoms with Gasteiger partial charge in [-0.15, -0.1) is 10.2 Å². The maximum atomic E-state index is 10.6. The molecule has 0 aliphatic rings. The standard InChI is InChI=1S/C6H10N4OS2/c7-4(5(8)11)1-2-12-6-10-9-3-13-6/h3-4H,1-2,7H2,(H2,8,11). The number of amides is 1. The zero-order chi connectivity index (χ0) is 9.68. The molecule has 0 saturated heterocycles. The fraction of sp³-hybridized carbons (Fsp3) is 0.500. The van der Waals surface area contributed by atoms with Gasteiger partial charge in [-0.1, -0.05) is 23.1 Å². The molecule has 0 radical (unpaired) electrons. The molecule has 13 heavy (non-hydrogen) atoms. The third-order valence-corrected chi connectivity index (χ3v) is 3.25. The largest absolute Gasteiger partial charge is 0.368 e. The molecular weight excluding hydrogens is 208 g/mol. The summed E-state index contributed by atoms with van der Waals surface area (Å²) in [5, 5.41) is 7.51. The second-order valence-corrected chi connectivity index (χ2v) is 4.53. The van der Waals surface area contributed by atoms with Gasteiger partial charge in [-0.25, -0.2) is 0 Å². The maximum Gasteiger partial charge on any atom is 0.234 e.